The summed E-state index contributed by atoms with van der Waals surface area (Å²) in [6.45, 7) is 2.45. The van der Waals surface area contributed by atoms with E-state index in [4.69, 9.17) is 0 Å². The number of piperazine rings is 1. The second-order valence-corrected chi connectivity index (χ2v) is 5.78. The molecule has 112 valence electrons. The standard InChI is InChI=1S/C16H19FN2O2/c17-14-5-1-12(2-6-14)11-15(20)18-7-9-19(10-8-18)16(21)13-3-4-13/h1-2,5-6,13H,3-4,7-11H2. The van der Waals surface area contributed by atoms with Gasteiger partial charge < -0.3 is 9.80 Å². The Morgan fingerprint density at radius 1 is 1.00 bits per heavy atom. The van der Waals surface area contributed by atoms with Gasteiger partial charge in [0.25, 0.3) is 0 Å². The fraction of sp³-hybridized carbons (Fsp3) is 0.500. The first-order chi connectivity index (χ1) is 10.1. The molecule has 5 heteroatoms. The predicted octanol–water partition coefficient (Wildman–Crippen LogP) is 1.45. The lowest BCUT2D eigenvalue weighted by Crippen LogP contribution is -2.51. The maximum Gasteiger partial charge on any atom is 0.227 e. The quantitative estimate of drug-likeness (QED) is 0.845. The molecule has 1 heterocycles. The lowest BCUT2D eigenvalue weighted by Gasteiger charge is -2.35. The monoisotopic (exact) mass is 290 g/mol. The highest BCUT2D eigenvalue weighted by molar-refractivity contribution is 5.82. The maximum absolute atomic E-state index is 12.8. The molecule has 1 saturated heterocycles. The summed E-state index contributed by atoms with van der Waals surface area (Å²) in [5, 5.41) is 0. The predicted molar refractivity (Wildman–Crippen MR) is 76.0 cm³/mol. The number of nitrogens with zero attached hydrogens (tertiary/aromatic N) is 2. The highest BCUT2D eigenvalue weighted by atomic mass is 19.1. The summed E-state index contributed by atoms with van der Waals surface area (Å²) in [6.07, 6.45) is 2.32. The molecule has 2 aliphatic rings. The lowest BCUT2D eigenvalue weighted by atomic mass is 10.1. The Morgan fingerprint density at radius 2 is 1.57 bits per heavy atom. The molecule has 0 spiro atoms. The molecule has 2 fully saturated rings. The van der Waals surface area contributed by atoms with Crippen molar-refractivity contribution >= 4 is 11.8 Å². The van der Waals surface area contributed by atoms with E-state index in [1.54, 1.807) is 17.0 Å². The molecule has 1 aromatic rings. The van der Waals surface area contributed by atoms with Crippen molar-refractivity contribution in [2.24, 2.45) is 5.92 Å². The van der Waals surface area contributed by atoms with E-state index in [2.05, 4.69) is 0 Å². The number of rotatable bonds is 3. The minimum atomic E-state index is -0.293. The molecule has 0 N–H and O–H groups in total. The van der Waals surface area contributed by atoms with Crippen LogP contribution in [-0.4, -0.2) is 47.8 Å². The van der Waals surface area contributed by atoms with Crippen LogP contribution in [0.3, 0.4) is 0 Å². The van der Waals surface area contributed by atoms with Crippen LogP contribution in [0.2, 0.25) is 0 Å². The van der Waals surface area contributed by atoms with E-state index in [1.807, 2.05) is 4.90 Å². The van der Waals surface area contributed by atoms with Crippen LogP contribution < -0.4 is 0 Å². The van der Waals surface area contributed by atoms with Gasteiger partial charge in [-0.2, -0.15) is 0 Å². The Morgan fingerprint density at radius 3 is 2.14 bits per heavy atom. The van der Waals surface area contributed by atoms with Gasteiger partial charge in [-0.1, -0.05) is 12.1 Å². The topological polar surface area (TPSA) is 40.6 Å². The number of carbonyl (C=O) groups is 2. The van der Waals surface area contributed by atoms with Crippen molar-refractivity contribution in [1.29, 1.82) is 0 Å². The summed E-state index contributed by atoms with van der Waals surface area (Å²) in [4.78, 5) is 27.8. The highest BCUT2D eigenvalue weighted by Gasteiger charge is 2.35. The molecule has 0 radical (unpaired) electrons. The molecular weight excluding hydrogens is 271 g/mol. The Bertz CT molecular complexity index is 532. The average molecular weight is 290 g/mol. The number of benzene rings is 1. The normalized spacial score (nSPS) is 18.7. The van der Waals surface area contributed by atoms with Crippen LogP contribution in [0.25, 0.3) is 0 Å². The average Bonchev–Trinajstić information content (AvgIpc) is 3.34. The molecule has 3 rings (SSSR count). The Balaban J connectivity index is 1.50. The molecule has 1 aliphatic carbocycles. The molecule has 1 saturated carbocycles. The van der Waals surface area contributed by atoms with Crippen molar-refractivity contribution in [2.75, 3.05) is 26.2 Å². The van der Waals surface area contributed by atoms with Gasteiger partial charge in [0, 0.05) is 32.1 Å². The smallest absolute Gasteiger partial charge is 0.227 e. The third-order valence-corrected chi connectivity index (χ3v) is 4.14. The summed E-state index contributed by atoms with van der Waals surface area (Å²) < 4.78 is 12.8. The van der Waals surface area contributed by atoms with Gasteiger partial charge in [0.15, 0.2) is 0 Å². The van der Waals surface area contributed by atoms with Gasteiger partial charge >= 0.3 is 0 Å². The lowest BCUT2D eigenvalue weighted by molar-refractivity contribution is -0.140. The van der Waals surface area contributed by atoms with E-state index in [1.165, 1.54) is 12.1 Å². The van der Waals surface area contributed by atoms with Crippen molar-refractivity contribution in [3.05, 3.63) is 35.6 Å². The summed E-state index contributed by atoms with van der Waals surface area (Å²) in [5.74, 6) is 0.241. The van der Waals surface area contributed by atoms with E-state index in [-0.39, 0.29) is 30.0 Å². The first kappa shape index (κ1) is 14.0. The Kier molecular flexibility index (Phi) is 3.90. The summed E-state index contributed by atoms with van der Waals surface area (Å²) in [6, 6.07) is 6.02. The van der Waals surface area contributed by atoms with E-state index in [9.17, 15) is 14.0 Å². The number of carbonyl (C=O) groups excluding carboxylic acids is 2. The minimum absolute atomic E-state index is 0.0418. The van der Waals surface area contributed by atoms with Crippen LogP contribution in [0, 0.1) is 11.7 Å². The van der Waals surface area contributed by atoms with Gasteiger partial charge in [-0.25, -0.2) is 4.39 Å². The van der Waals surface area contributed by atoms with Crippen LogP contribution in [0.1, 0.15) is 18.4 Å². The first-order valence-corrected chi connectivity index (χ1v) is 7.44. The fourth-order valence-corrected chi connectivity index (χ4v) is 2.65. The molecule has 1 aromatic carbocycles. The molecule has 0 bridgehead atoms. The van der Waals surface area contributed by atoms with E-state index < -0.39 is 0 Å². The third-order valence-electron chi connectivity index (χ3n) is 4.14. The molecule has 4 nitrogen and oxygen atoms in total. The molecule has 0 aromatic heterocycles. The first-order valence-electron chi connectivity index (χ1n) is 7.44. The van der Waals surface area contributed by atoms with Gasteiger partial charge in [0.1, 0.15) is 5.82 Å². The molecule has 0 unspecified atom stereocenters. The van der Waals surface area contributed by atoms with Crippen LogP contribution in [0.5, 0.6) is 0 Å². The zero-order valence-electron chi connectivity index (χ0n) is 11.9. The number of amides is 2. The zero-order valence-corrected chi connectivity index (χ0v) is 11.9. The molecular formula is C16H19FN2O2. The summed E-state index contributed by atoms with van der Waals surface area (Å²) >= 11 is 0. The molecule has 21 heavy (non-hydrogen) atoms. The third kappa shape index (κ3) is 3.40. The van der Waals surface area contributed by atoms with Crippen molar-refractivity contribution in [3.63, 3.8) is 0 Å². The largest absolute Gasteiger partial charge is 0.339 e. The van der Waals surface area contributed by atoms with Crippen LogP contribution >= 0.6 is 0 Å². The molecule has 0 atom stereocenters. The zero-order chi connectivity index (χ0) is 14.8. The van der Waals surface area contributed by atoms with Crippen molar-refractivity contribution in [3.8, 4) is 0 Å². The number of halogens is 1. The Hall–Kier alpha value is -1.91. The Labute approximate surface area is 123 Å². The van der Waals surface area contributed by atoms with Crippen molar-refractivity contribution in [2.45, 2.75) is 19.3 Å². The maximum atomic E-state index is 12.8. The van der Waals surface area contributed by atoms with E-state index in [0.29, 0.717) is 26.2 Å². The molecule has 2 amide bonds. The fourth-order valence-electron chi connectivity index (χ4n) is 2.65. The summed E-state index contributed by atoms with van der Waals surface area (Å²) in [5.41, 5.74) is 0.817. The van der Waals surface area contributed by atoms with Crippen LogP contribution in [-0.2, 0) is 16.0 Å². The number of hydrogen-bond acceptors (Lipinski definition) is 2. The van der Waals surface area contributed by atoms with Gasteiger partial charge in [-0.15, -0.1) is 0 Å². The van der Waals surface area contributed by atoms with Gasteiger partial charge in [0.05, 0.1) is 6.42 Å². The highest BCUT2D eigenvalue weighted by Crippen LogP contribution is 2.31. The van der Waals surface area contributed by atoms with E-state index >= 15 is 0 Å². The van der Waals surface area contributed by atoms with Crippen molar-refractivity contribution in [1.82, 2.24) is 9.80 Å². The molecule has 1 aliphatic heterocycles. The number of hydrogen-bond donors (Lipinski definition) is 0. The summed E-state index contributed by atoms with van der Waals surface area (Å²) in [7, 11) is 0. The van der Waals surface area contributed by atoms with E-state index in [0.717, 1.165) is 18.4 Å². The SMILES string of the molecule is O=C(Cc1ccc(F)cc1)N1CCN(C(=O)C2CC2)CC1. The van der Waals surface area contributed by atoms with Gasteiger partial charge in [0.2, 0.25) is 11.8 Å². The second-order valence-electron chi connectivity index (χ2n) is 5.78. The van der Waals surface area contributed by atoms with Crippen molar-refractivity contribution < 1.29 is 14.0 Å². The van der Waals surface area contributed by atoms with Crippen LogP contribution in [0.15, 0.2) is 24.3 Å². The van der Waals surface area contributed by atoms with Gasteiger partial charge in [-0.3, -0.25) is 9.59 Å². The van der Waals surface area contributed by atoms with Gasteiger partial charge in [-0.05, 0) is 30.5 Å². The minimum Gasteiger partial charge on any atom is -0.339 e. The van der Waals surface area contributed by atoms with Crippen LogP contribution in [0.4, 0.5) is 4.39 Å². The second kappa shape index (κ2) is 5.84.